The van der Waals surface area contributed by atoms with Gasteiger partial charge in [0.2, 0.25) is 0 Å². The van der Waals surface area contributed by atoms with Crippen LogP contribution in [0.1, 0.15) is 45.4 Å². The second-order valence-electron chi connectivity index (χ2n) is 5.56. The number of nitriles is 1. The van der Waals surface area contributed by atoms with Crippen molar-refractivity contribution in [2.45, 2.75) is 51.0 Å². The molecule has 90 valence electrons. The van der Waals surface area contributed by atoms with Crippen LogP contribution < -0.4 is 0 Å². The van der Waals surface area contributed by atoms with Gasteiger partial charge in [0.15, 0.2) is 0 Å². The van der Waals surface area contributed by atoms with Crippen molar-refractivity contribution in [3.05, 3.63) is 0 Å². The Balaban J connectivity index is 2.19. The zero-order valence-corrected chi connectivity index (χ0v) is 10.0. The number of nitrogens with zero attached hydrogens (tertiary/aromatic N) is 1. The summed E-state index contributed by atoms with van der Waals surface area (Å²) in [6, 6.07) is 2.36. The molecule has 0 spiro atoms. The maximum absolute atomic E-state index is 10.8. The lowest BCUT2D eigenvalue weighted by Gasteiger charge is -2.38. The second-order valence-corrected chi connectivity index (χ2v) is 5.56. The van der Waals surface area contributed by atoms with Crippen LogP contribution in [0.2, 0.25) is 0 Å². The van der Waals surface area contributed by atoms with Gasteiger partial charge in [0.05, 0.1) is 18.3 Å². The molecule has 1 aliphatic heterocycles. The van der Waals surface area contributed by atoms with E-state index < -0.39 is 11.0 Å². The van der Waals surface area contributed by atoms with Crippen LogP contribution in [-0.2, 0) is 4.74 Å². The van der Waals surface area contributed by atoms with Gasteiger partial charge in [-0.05, 0) is 31.6 Å². The van der Waals surface area contributed by atoms with Crippen molar-refractivity contribution in [3.8, 4) is 6.07 Å². The highest BCUT2D eigenvalue weighted by atomic mass is 16.5. The molecule has 3 heteroatoms. The van der Waals surface area contributed by atoms with Gasteiger partial charge in [-0.15, -0.1) is 0 Å². The zero-order valence-electron chi connectivity index (χ0n) is 10.0. The highest BCUT2D eigenvalue weighted by Gasteiger charge is 2.53. The molecule has 0 radical (unpaired) electrons. The Bertz CT molecular complexity index is 291. The standard InChI is InChI=1S/C13H21NO2/c1-11-3-2-5-13(15,6-4-11)12(9-14)7-8-16-10-12/h11,15H,2-8,10H2,1H3. The maximum Gasteiger partial charge on any atom is 0.111 e. The van der Waals surface area contributed by atoms with E-state index in [1.807, 2.05) is 0 Å². The van der Waals surface area contributed by atoms with Gasteiger partial charge in [0.25, 0.3) is 0 Å². The van der Waals surface area contributed by atoms with Crippen molar-refractivity contribution >= 4 is 0 Å². The lowest BCUT2D eigenvalue weighted by atomic mass is 9.68. The summed E-state index contributed by atoms with van der Waals surface area (Å²) < 4.78 is 5.35. The molecule has 0 aromatic rings. The van der Waals surface area contributed by atoms with Crippen LogP contribution in [0.25, 0.3) is 0 Å². The fraction of sp³-hybridized carbons (Fsp3) is 0.923. The van der Waals surface area contributed by atoms with E-state index in [1.54, 1.807) is 0 Å². The predicted molar refractivity (Wildman–Crippen MR) is 60.7 cm³/mol. The van der Waals surface area contributed by atoms with Crippen LogP contribution in [0.5, 0.6) is 0 Å². The number of ether oxygens (including phenoxy) is 1. The summed E-state index contributed by atoms with van der Waals surface area (Å²) >= 11 is 0. The largest absolute Gasteiger partial charge is 0.388 e. The van der Waals surface area contributed by atoms with Crippen LogP contribution in [0.4, 0.5) is 0 Å². The van der Waals surface area contributed by atoms with Crippen LogP contribution in [0, 0.1) is 22.7 Å². The molecule has 1 aliphatic carbocycles. The normalized spacial score (nSPS) is 44.9. The summed E-state index contributed by atoms with van der Waals surface area (Å²) in [7, 11) is 0. The van der Waals surface area contributed by atoms with Gasteiger partial charge < -0.3 is 9.84 Å². The highest BCUT2D eigenvalue weighted by molar-refractivity contribution is 5.13. The molecule has 1 N–H and O–H groups in total. The van der Waals surface area contributed by atoms with Crippen LogP contribution in [0.15, 0.2) is 0 Å². The summed E-state index contributed by atoms with van der Waals surface area (Å²) in [4.78, 5) is 0. The fourth-order valence-electron chi connectivity index (χ4n) is 3.10. The van der Waals surface area contributed by atoms with E-state index in [2.05, 4.69) is 13.0 Å². The molecule has 0 bridgehead atoms. The SMILES string of the molecule is CC1CCCC(O)(C2(C#N)CCOC2)CC1. The first kappa shape index (κ1) is 11.9. The Morgan fingerprint density at radius 3 is 2.75 bits per heavy atom. The van der Waals surface area contributed by atoms with E-state index >= 15 is 0 Å². The van der Waals surface area contributed by atoms with Crippen molar-refractivity contribution in [3.63, 3.8) is 0 Å². The minimum Gasteiger partial charge on any atom is -0.388 e. The van der Waals surface area contributed by atoms with Crippen molar-refractivity contribution in [1.82, 2.24) is 0 Å². The Kier molecular flexibility index (Phi) is 3.23. The molecule has 3 unspecified atom stereocenters. The molecular weight excluding hydrogens is 202 g/mol. The Morgan fingerprint density at radius 1 is 1.31 bits per heavy atom. The molecule has 0 aromatic heterocycles. The first-order chi connectivity index (χ1) is 7.62. The van der Waals surface area contributed by atoms with Crippen LogP contribution in [0.3, 0.4) is 0 Å². The number of hydrogen-bond donors (Lipinski definition) is 1. The minimum atomic E-state index is -0.816. The van der Waals surface area contributed by atoms with Gasteiger partial charge in [-0.25, -0.2) is 0 Å². The van der Waals surface area contributed by atoms with E-state index in [4.69, 9.17) is 4.74 Å². The van der Waals surface area contributed by atoms with Gasteiger partial charge in [-0.2, -0.15) is 5.26 Å². The van der Waals surface area contributed by atoms with E-state index in [9.17, 15) is 10.4 Å². The molecule has 1 heterocycles. The van der Waals surface area contributed by atoms with Gasteiger partial charge in [-0.1, -0.05) is 19.8 Å². The highest BCUT2D eigenvalue weighted by Crippen LogP contribution is 2.47. The zero-order chi connectivity index (χ0) is 11.6. The Morgan fingerprint density at radius 2 is 2.12 bits per heavy atom. The lowest BCUT2D eigenvalue weighted by Crippen LogP contribution is -2.47. The van der Waals surface area contributed by atoms with Gasteiger partial charge >= 0.3 is 0 Å². The monoisotopic (exact) mass is 223 g/mol. The third-order valence-electron chi connectivity index (χ3n) is 4.46. The van der Waals surface area contributed by atoms with Gasteiger partial charge in [0, 0.05) is 6.61 Å². The van der Waals surface area contributed by atoms with Crippen molar-refractivity contribution < 1.29 is 9.84 Å². The predicted octanol–water partition coefficient (Wildman–Crippen LogP) is 2.25. The molecule has 2 rings (SSSR count). The maximum atomic E-state index is 10.8. The first-order valence-electron chi connectivity index (χ1n) is 6.33. The molecule has 1 saturated heterocycles. The molecule has 2 fully saturated rings. The lowest BCUT2D eigenvalue weighted by molar-refractivity contribution is -0.0699. The minimum absolute atomic E-state index is 0.411. The summed E-state index contributed by atoms with van der Waals surface area (Å²) in [5.41, 5.74) is -1.46. The topological polar surface area (TPSA) is 53.2 Å². The molecule has 3 nitrogen and oxygen atoms in total. The molecule has 1 saturated carbocycles. The number of rotatable bonds is 1. The molecular formula is C13H21NO2. The van der Waals surface area contributed by atoms with Crippen molar-refractivity contribution in [2.24, 2.45) is 11.3 Å². The molecule has 2 aliphatic rings. The number of hydrogen-bond acceptors (Lipinski definition) is 3. The van der Waals surface area contributed by atoms with Gasteiger partial charge in [-0.3, -0.25) is 0 Å². The van der Waals surface area contributed by atoms with E-state index in [0.29, 0.717) is 25.6 Å². The third-order valence-corrected chi connectivity index (χ3v) is 4.46. The van der Waals surface area contributed by atoms with E-state index in [-0.39, 0.29) is 0 Å². The fourth-order valence-corrected chi connectivity index (χ4v) is 3.10. The van der Waals surface area contributed by atoms with Crippen molar-refractivity contribution in [1.29, 1.82) is 5.26 Å². The summed E-state index contributed by atoms with van der Waals surface area (Å²) in [6.45, 7) is 3.26. The first-order valence-corrected chi connectivity index (χ1v) is 6.33. The molecule has 16 heavy (non-hydrogen) atoms. The van der Waals surface area contributed by atoms with Crippen LogP contribution in [-0.4, -0.2) is 23.9 Å². The average Bonchev–Trinajstić information content (AvgIpc) is 2.70. The third kappa shape index (κ3) is 1.85. The summed E-state index contributed by atoms with van der Waals surface area (Å²) in [5, 5.41) is 20.2. The Hall–Kier alpha value is -0.590. The number of aliphatic hydroxyl groups is 1. The summed E-state index contributed by atoms with van der Waals surface area (Å²) in [6.07, 6.45) is 5.43. The van der Waals surface area contributed by atoms with E-state index in [1.165, 1.54) is 6.42 Å². The molecule has 0 aromatic carbocycles. The quantitative estimate of drug-likeness (QED) is 0.694. The van der Waals surface area contributed by atoms with Crippen LogP contribution >= 0.6 is 0 Å². The smallest absolute Gasteiger partial charge is 0.111 e. The van der Waals surface area contributed by atoms with E-state index in [0.717, 1.165) is 25.7 Å². The van der Waals surface area contributed by atoms with Crippen molar-refractivity contribution in [2.75, 3.05) is 13.2 Å². The van der Waals surface area contributed by atoms with Gasteiger partial charge in [0.1, 0.15) is 5.41 Å². The summed E-state index contributed by atoms with van der Waals surface area (Å²) in [5.74, 6) is 0.673. The Labute approximate surface area is 97.4 Å². The second kappa shape index (κ2) is 4.35. The average molecular weight is 223 g/mol. The molecule has 3 atom stereocenters. The molecule has 0 amide bonds.